The minimum atomic E-state index is -1.15. The Kier molecular flexibility index (Phi) is 7.02. The molecule has 10 nitrogen and oxygen atoms in total. The second-order valence-corrected chi connectivity index (χ2v) is 8.63. The van der Waals surface area contributed by atoms with Crippen LogP contribution in [0.5, 0.6) is 5.75 Å². The summed E-state index contributed by atoms with van der Waals surface area (Å²) in [6.45, 7) is -0.495. The molecule has 0 bridgehead atoms. The number of para-hydroxylation sites is 1. The van der Waals surface area contributed by atoms with E-state index in [9.17, 15) is 24.0 Å². The molecule has 2 aromatic rings. The smallest absolute Gasteiger partial charge is 0.325 e. The zero-order chi connectivity index (χ0) is 25.1. The van der Waals surface area contributed by atoms with E-state index in [1.54, 1.807) is 48.5 Å². The highest BCUT2D eigenvalue weighted by Gasteiger charge is 2.42. The Balaban J connectivity index is 1.50. The number of methoxy groups -OCH3 is 1. The molecule has 0 saturated carbocycles. The summed E-state index contributed by atoms with van der Waals surface area (Å²) in [6.07, 6.45) is -0.0912. The first-order chi connectivity index (χ1) is 16.8. The van der Waals surface area contributed by atoms with E-state index >= 15 is 0 Å². The molecule has 2 saturated heterocycles. The molecule has 1 unspecified atom stereocenters. The first-order valence-electron chi connectivity index (χ1n) is 10.9. The van der Waals surface area contributed by atoms with Crippen molar-refractivity contribution in [2.45, 2.75) is 18.9 Å². The van der Waals surface area contributed by atoms with Crippen molar-refractivity contribution in [3.05, 3.63) is 59.1 Å². The van der Waals surface area contributed by atoms with Gasteiger partial charge in [0.2, 0.25) is 17.7 Å². The number of nitrogens with one attached hydrogen (secondary N) is 2. The topological polar surface area (TPSA) is 125 Å². The lowest BCUT2D eigenvalue weighted by Crippen LogP contribution is -2.52. The highest BCUT2D eigenvalue weighted by molar-refractivity contribution is 6.30. The maximum absolute atomic E-state index is 13.3. The molecule has 2 aromatic carbocycles. The molecule has 4 rings (SSSR count). The molecule has 2 aliphatic heterocycles. The number of amides is 6. The van der Waals surface area contributed by atoms with Crippen LogP contribution in [0.2, 0.25) is 5.02 Å². The summed E-state index contributed by atoms with van der Waals surface area (Å²) in [7, 11) is 1.49. The van der Waals surface area contributed by atoms with Crippen LogP contribution in [-0.2, 0) is 25.6 Å². The summed E-state index contributed by atoms with van der Waals surface area (Å²) in [6, 6.07) is 11.2. The van der Waals surface area contributed by atoms with E-state index in [0.717, 1.165) is 9.80 Å². The molecule has 0 aromatic heterocycles. The van der Waals surface area contributed by atoms with Gasteiger partial charge in [0.05, 0.1) is 25.1 Å². The first-order valence-corrected chi connectivity index (χ1v) is 11.3. The van der Waals surface area contributed by atoms with Crippen LogP contribution in [-0.4, -0.2) is 60.8 Å². The van der Waals surface area contributed by atoms with Gasteiger partial charge in [-0.15, -0.1) is 0 Å². The van der Waals surface area contributed by atoms with Gasteiger partial charge in [0.15, 0.2) is 0 Å². The average Bonchev–Trinajstić information content (AvgIpc) is 3.03. The van der Waals surface area contributed by atoms with Crippen LogP contribution in [0, 0.1) is 5.92 Å². The van der Waals surface area contributed by atoms with Crippen LogP contribution >= 0.6 is 11.6 Å². The van der Waals surface area contributed by atoms with Gasteiger partial charge in [-0.25, -0.2) is 9.69 Å². The Morgan fingerprint density at radius 1 is 1.11 bits per heavy atom. The lowest BCUT2D eigenvalue weighted by molar-refractivity contribution is -0.133. The van der Waals surface area contributed by atoms with Crippen molar-refractivity contribution < 1.29 is 28.7 Å². The molecule has 11 heteroatoms. The van der Waals surface area contributed by atoms with Gasteiger partial charge in [0.1, 0.15) is 18.3 Å². The second kappa shape index (κ2) is 10.1. The molecule has 2 atom stereocenters. The van der Waals surface area contributed by atoms with Crippen molar-refractivity contribution in [2.75, 3.05) is 25.1 Å². The number of benzene rings is 2. The number of hydrogen-bond acceptors (Lipinski definition) is 6. The summed E-state index contributed by atoms with van der Waals surface area (Å²) in [5.41, 5.74) is 1.03. The Hall–Kier alpha value is -3.92. The van der Waals surface area contributed by atoms with E-state index in [0.29, 0.717) is 22.0 Å². The number of carbonyl (C=O) groups is 5. The van der Waals surface area contributed by atoms with Crippen molar-refractivity contribution in [1.82, 2.24) is 15.5 Å². The number of anilines is 1. The monoisotopic (exact) mass is 498 g/mol. The summed E-state index contributed by atoms with van der Waals surface area (Å²) in [5, 5.41) is 5.54. The van der Waals surface area contributed by atoms with Crippen molar-refractivity contribution in [3.63, 3.8) is 0 Å². The Bertz CT molecular complexity index is 1190. The van der Waals surface area contributed by atoms with E-state index in [2.05, 4.69) is 10.6 Å². The number of imide groups is 2. The van der Waals surface area contributed by atoms with Gasteiger partial charge in [-0.05, 0) is 42.3 Å². The fourth-order valence-electron chi connectivity index (χ4n) is 4.15. The molecule has 6 amide bonds. The number of halogens is 1. The molecule has 2 N–H and O–H groups in total. The molecule has 0 aliphatic carbocycles. The number of urea groups is 1. The molecule has 0 spiro atoms. The molecule has 2 aliphatic rings. The average molecular weight is 499 g/mol. The summed E-state index contributed by atoms with van der Waals surface area (Å²) >= 11 is 6.09. The summed E-state index contributed by atoms with van der Waals surface area (Å²) < 4.78 is 5.34. The SMILES string of the molecule is COc1ccc(Cl)cc1CC1CNC(=O)CN(C(=O)N[C@H]2CC(=O)N(c3ccccc3)C2=O)C1=O. The van der Waals surface area contributed by atoms with Gasteiger partial charge in [-0.1, -0.05) is 29.8 Å². The zero-order valence-corrected chi connectivity index (χ0v) is 19.6. The second-order valence-electron chi connectivity index (χ2n) is 8.19. The van der Waals surface area contributed by atoms with Crippen LogP contribution < -0.4 is 20.3 Å². The standard InChI is InChI=1S/C24H23ClN4O6/c1-35-19-8-7-16(25)10-14(19)9-15-12-26-20(30)13-28(22(15)32)24(34)27-18-11-21(31)29(23(18)33)17-5-3-2-4-6-17/h2-8,10,15,18H,9,11-13H2,1H3,(H,26,30)(H,27,34)/t15?,18-/m0/s1. The summed E-state index contributed by atoms with van der Waals surface area (Å²) in [4.78, 5) is 65.6. The van der Waals surface area contributed by atoms with Crippen molar-refractivity contribution in [3.8, 4) is 5.75 Å². The van der Waals surface area contributed by atoms with Crippen molar-refractivity contribution >= 4 is 46.9 Å². The Morgan fingerprint density at radius 2 is 1.86 bits per heavy atom. The van der Waals surface area contributed by atoms with Crippen LogP contribution in [0.3, 0.4) is 0 Å². The van der Waals surface area contributed by atoms with E-state index < -0.39 is 48.2 Å². The third kappa shape index (κ3) is 5.12. The predicted octanol–water partition coefficient (Wildman–Crippen LogP) is 1.51. The van der Waals surface area contributed by atoms with E-state index in [4.69, 9.17) is 16.3 Å². The van der Waals surface area contributed by atoms with E-state index in [-0.39, 0.29) is 19.4 Å². The fourth-order valence-corrected chi connectivity index (χ4v) is 4.34. The van der Waals surface area contributed by atoms with E-state index in [1.807, 2.05) is 0 Å². The van der Waals surface area contributed by atoms with Crippen LogP contribution in [0.15, 0.2) is 48.5 Å². The first kappa shape index (κ1) is 24.2. The molecule has 2 heterocycles. The highest BCUT2D eigenvalue weighted by atomic mass is 35.5. The fraction of sp³-hybridized carbons (Fsp3) is 0.292. The normalized spacial score (nSPS) is 20.5. The molecule has 0 radical (unpaired) electrons. The lowest BCUT2D eigenvalue weighted by Gasteiger charge is -2.23. The number of carbonyl (C=O) groups excluding carboxylic acids is 5. The molecular formula is C24H23ClN4O6. The van der Waals surface area contributed by atoms with Crippen LogP contribution in [0.4, 0.5) is 10.5 Å². The van der Waals surface area contributed by atoms with Crippen LogP contribution in [0.1, 0.15) is 12.0 Å². The minimum Gasteiger partial charge on any atom is -0.496 e. The van der Waals surface area contributed by atoms with Gasteiger partial charge in [-0.3, -0.25) is 24.1 Å². The molecule has 35 heavy (non-hydrogen) atoms. The Morgan fingerprint density at radius 3 is 2.57 bits per heavy atom. The van der Waals surface area contributed by atoms with Gasteiger partial charge in [0, 0.05) is 11.6 Å². The molecule has 2 fully saturated rings. The number of hydrogen-bond donors (Lipinski definition) is 2. The third-order valence-electron chi connectivity index (χ3n) is 5.88. The minimum absolute atomic E-state index is 0.0136. The van der Waals surface area contributed by atoms with Gasteiger partial charge in [-0.2, -0.15) is 0 Å². The lowest BCUT2D eigenvalue weighted by atomic mass is 9.97. The van der Waals surface area contributed by atoms with Crippen molar-refractivity contribution in [1.29, 1.82) is 0 Å². The number of rotatable bonds is 5. The van der Waals surface area contributed by atoms with Gasteiger partial charge in [0.25, 0.3) is 5.91 Å². The quantitative estimate of drug-likeness (QED) is 0.602. The van der Waals surface area contributed by atoms with Crippen molar-refractivity contribution in [2.24, 2.45) is 5.92 Å². The zero-order valence-electron chi connectivity index (χ0n) is 18.8. The Labute approximate surface area is 206 Å². The largest absolute Gasteiger partial charge is 0.496 e. The summed E-state index contributed by atoms with van der Waals surface area (Å²) in [5.74, 6) is -2.46. The third-order valence-corrected chi connectivity index (χ3v) is 6.11. The number of ether oxygens (including phenoxy) is 1. The predicted molar refractivity (Wildman–Crippen MR) is 126 cm³/mol. The van der Waals surface area contributed by atoms with Crippen LogP contribution in [0.25, 0.3) is 0 Å². The van der Waals surface area contributed by atoms with Gasteiger partial charge >= 0.3 is 6.03 Å². The van der Waals surface area contributed by atoms with E-state index in [1.165, 1.54) is 7.11 Å². The highest BCUT2D eigenvalue weighted by Crippen LogP contribution is 2.27. The molecular weight excluding hydrogens is 476 g/mol. The van der Waals surface area contributed by atoms with Gasteiger partial charge < -0.3 is 15.4 Å². The molecule has 182 valence electrons. The number of nitrogens with zero attached hydrogens (tertiary/aromatic N) is 2. The maximum Gasteiger partial charge on any atom is 0.325 e. The maximum atomic E-state index is 13.3.